The number of piperidine rings is 1. The van der Waals surface area contributed by atoms with Crippen LogP contribution in [0.3, 0.4) is 0 Å². The highest BCUT2D eigenvalue weighted by molar-refractivity contribution is 7.89. The number of piperazine rings is 1. The van der Waals surface area contributed by atoms with Crippen LogP contribution in [0.15, 0.2) is 55.0 Å². The second kappa shape index (κ2) is 11.0. The van der Waals surface area contributed by atoms with Crippen LogP contribution in [0.2, 0.25) is 0 Å². The number of hydrogen-bond donors (Lipinski definition) is 2. The summed E-state index contributed by atoms with van der Waals surface area (Å²) in [6, 6.07) is 10.7. The van der Waals surface area contributed by atoms with Crippen LogP contribution in [0.5, 0.6) is 5.75 Å². The molecule has 6 rings (SSSR count). The van der Waals surface area contributed by atoms with Gasteiger partial charge < -0.3 is 20.4 Å². The van der Waals surface area contributed by atoms with Gasteiger partial charge in [-0.1, -0.05) is 0 Å². The number of fused-ring (bicyclic) bond motifs is 3. The Hall–Kier alpha value is -3.74. The van der Waals surface area contributed by atoms with Crippen molar-refractivity contribution in [2.75, 3.05) is 56.7 Å². The summed E-state index contributed by atoms with van der Waals surface area (Å²) in [5.41, 5.74) is 8.51. The van der Waals surface area contributed by atoms with E-state index in [2.05, 4.69) is 25.9 Å². The van der Waals surface area contributed by atoms with Gasteiger partial charge in [0.05, 0.1) is 18.3 Å². The first-order valence-electron chi connectivity index (χ1n) is 13.6. The number of carbonyl (C=O) groups excluding carboxylic acids is 1. The van der Waals surface area contributed by atoms with Crippen LogP contribution in [-0.4, -0.2) is 90.2 Å². The number of nitrogens with one attached hydrogen (secondary N) is 1. The summed E-state index contributed by atoms with van der Waals surface area (Å²) in [4.78, 5) is 27.7. The third-order valence-electron chi connectivity index (χ3n) is 7.83. The number of rotatable bonds is 8. The predicted octanol–water partition coefficient (Wildman–Crippen LogP) is 2.41. The van der Waals surface area contributed by atoms with Crippen LogP contribution in [0, 0.1) is 5.92 Å². The molecule has 0 spiro atoms. The molecule has 1 aromatic carbocycles. The van der Waals surface area contributed by atoms with Crippen LogP contribution < -0.4 is 15.4 Å². The van der Waals surface area contributed by atoms with E-state index in [1.807, 2.05) is 23.4 Å². The molecule has 1 unspecified atom stereocenters. The Morgan fingerprint density at radius 2 is 1.85 bits per heavy atom. The van der Waals surface area contributed by atoms with Gasteiger partial charge in [-0.05, 0) is 49.2 Å². The van der Waals surface area contributed by atoms with E-state index in [4.69, 9.17) is 10.5 Å². The number of sulfonamides is 1. The zero-order chi connectivity index (χ0) is 27.7. The number of carbonyl (C=O) groups is 1. The lowest BCUT2D eigenvalue weighted by atomic mass is 10.0. The summed E-state index contributed by atoms with van der Waals surface area (Å²) in [7, 11) is -3.44. The van der Waals surface area contributed by atoms with E-state index in [0.29, 0.717) is 44.1 Å². The minimum Gasteiger partial charge on any atom is -0.493 e. The van der Waals surface area contributed by atoms with Crippen molar-refractivity contribution >= 4 is 43.6 Å². The summed E-state index contributed by atoms with van der Waals surface area (Å²) < 4.78 is 34.3. The lowest BCUT2D eigenvalue weighted by Crippen LogP contribution is -2.51. The molecule has 210 valence electrons. The smallest absolute Gasteiger partial charge is 0.248 e. The number of amides is 1. The van der Waals surface area contributed by atoms with E-state index >= 15 is 0 Å². The molecule has 12 heteroatoms. The van der Waals surface area contributed by atoms with Gasteiger partial charge in [-0.2, -0.15) is 0 Å². The van der Waals surface area contributed by atoms with E-state index in [1.54, 1.807) is 34.8 Å². The Kier molecular flexibility index (Phi) is 7.30. The van der Waals surface area contributed by atoms with Crippen LogP contribution in [0.1, 0.15) is 23.2 Å². The van der Waals surface area contributed by atoms with Crippen LogP contribution in [-0.2, 0) is 10.0 Å². The fourth-order valence-electron chi connectivity index (χ4n) is 5.68. The SMILES string of the molecule is NC(=O)c1ccc(OCC2CCCN(S(=O)(=O)CN3CCN(c4cc[nH]c5cnc6nccc6c45)CC3)C2)cc1. The molecule has 2 aliphatic rings. The number of anilines is 1. The maximum atomic E-state index is 13.4. The number of pyridine rings is 2. The molecule has 2 aliphatic heterocycles. The molecule has 0 saturated carbocycles. The predicted molar refractivity (Wildman–Crippen MR) is 154 cm³/mol. The summed E-state index contributed by atoms with van der Waals surface area (Å²) in [6.45, 7) is 4.20. The summed E-state index contributed by atoms with van der Waals surface area (Å²) in [6.07, 6.45) is 7.23. The Labute approximate surface area is 233 Å². The van der Waals surface area contributed by atoms with E-state index in [1.165, 1.54) is 0 Å². The number of aromatic amines is 1. The lowest BCUT2D eigenvalue weighted by molar-refractivity contribution is 0.1000. The Morgan fingerprint density at radius 1 is 1.05 bits per heavy atom. The quantitative estimate of drug-likeness (QED) is 0.333. The maximum absolute atomic E-state index is 13.4. The van der Waals surface area contributed by atoms with Crippen molar-refractivity contribution in [2.45, 2.75) is 12.8 Å². The monoisotopic (exact) mass is 563 g/mol. The minimum absolute atomic E-state index is 0.0211. The first kappa shape index (κ1) is 26.5. The molecule has 11 nitrogen and oxygen atoms in total. The van der Waals surface area contributed by atoms with Crippen molar-refractivity contribution in [3.8, 4) is 5.75 Å². The van der Waals surface area contributed by atoms with Crippen molar-refractivity contribution in [1.82, 2.24) is 24.2 Å². The number of nitrogens with two attached hydrogens (primary N) is 1. The molecule has 0 aliphatic carbocycles. The van der Waals surface area contributed by atoms with Crippen LogP contribution in [0.4, 0.5) is 5.69 Å². The van der Waals surface area contributed by atoms with Gasteiger partial charge in [0.15, 0.2) is 5.65 Å². The number of nitrogens with zero attached hydrogens (tertiary/aromatic N) is 5. The van der Waals surface area contributed by atoms with E-state index in [9.17, 15) is 13.2 Å². The number of aromatic nitrogens is 3. The summed E-state index contributed by atoms with van der Waals surface area (Å²) in [5, 5.41) is 2.11. The van der Waals surface area contributed by atoms with Gasteiger partial charge >= 0.3 is 0 Å². The average Bonchev–Trinajstić information content (AvgIpc) is 3.46. The minimum atomic E-state index is -3.44. The van der Waals surface area contributed by atoms with Crippen molar-refractivity contribution in [2.24, 2.45) is 11.7 Å². The fourth-order valence-corrected chi connectivity index (χ4v) is 7.41. The molecule has 0 bridgehead atoms. The average molecular weight is 564 g/mol. The molecule has 4 aromatic rings. The highest BCUT2D eigenvalue weighted by Gasteiger charge is 2.32. The van der Waals surface area contributed by atoms with E-state index < -0.39 is 15.9 Å². The summed E-state index contributed by atoms with van der Waals surface area (Å²) >= 11 is 0. The van der Waals surface area contributed by atoms with E-state index in [-0.39, 0.29) is 11.8 Å². The second-order valence-corrected chi connectivity index (χ2v) is 12.4. The van der Waals surface area contributed by atoms with Crippen molar-refractivity contribution in [3.05, 3.63) is 60.6 Å². The Balaban J connectivity index is 1.05. The van der Waals surface area contributed by atoms with Crippen molar-refractivity contribution < 1.29 is 17.9 Å². The molecule has 40 heavy (non-hydrogen) atoms. The highest BCUT2D eigenvalue weighted by atomic mass is 32.2. The molecule has 3 aromatic heterocycles. The first-order chi connectivity index (χ1) is 19.4. The summed E-state index contributed by atoms with van der Waals surface area (Å²) in [5.74, 6) is 0.283. The van der Waals surface area contributed by atoms with Gasteiger partial charge in [0.25, 0.3) is 0 Å². The van der Waals surface area contributed by atoms with Gasteiger partial charge in [0.1, 0.15) is 11.6 Å². The van der Waals surface area contributed by atoms with Gasteiger partial charge in [-0.3, -0.25) is 9.69 Å². The van der Waals surface area contributed by atoms with Gasteiger partial charge in [0.2, 0.25) is 15.9 Å². The number of benzene rings is 1. The number of hydrogen-bond acceptors (Lipinski definition) is 8. The Morgan fingerprint density at radius 3 is 2.62 bits per heavy atom. The van der Waals surface area contributed by atoms with Crippen LogP contribution >= 0.6 is 0 Å². The standard InChI is InChI=1S/C28H33N7O4S/c29-27(36)21-3-5-22(6-4-21)39-18-20-2-1-11-35(17-20)40(37,38)19-33-12-14-34(15-13-33)25-8-10-30-24-16-32-28-23(26(24)25)7-9-31-28/h3-10,16,20,30H,1-2,11-15,17-19H2,(H2,29,36). The molecule has 1 atom stereocenters. The maximum Gasteiger partial charge on any atom is 0.248 e. The second-order valence-electron chi connectivity index (χ2n) is 10.5. The number of ether oxygens (including phenoxy) is 1. The van der Waals surface area contributed by atoms with Gasteiger partial charge in [0, 0.05) is 79.6 Å². The molecule has 1 amide bonds. The van der Waals surface area contributed by atoms with Crippen molar-refractivity contribution in [3.63, 3.8) is 0 Å². The molecular formula is C28H33N7O4S. The van der Waals surface area contributed by atoms with Crippen LogP contribution in [0.25, 0.3) is 21.9 Å². The lowest BCUT2D eigenvalue weighted by Gasteiger charge is -2.38. The molecule has 3 N–H and O–H groups in total. The molecule has 5 heterocycles. The number of primary amides is 1. The first-order valence-corrected chi connectivity index (χ1v) is 15.2. The van der Waals surface area contributed by atoms with Gasteiger partial charge in [-0.15, -0.1) is 0 Å². The van der Waals surface area contributed by atoms with Gasteiger partial charge in [-0.25, -0.2) is 22.7 Å². The third kappa shape index (κ3) is 5.47. The zero-order valence-electron chi connectivity index (χ0n) is 22.2. The van der Waals surface area contributed by atoms with Crippen molar-refractivity contribution in [1.29, 1.82) is 0 Å². The molecule has 0 radical (unpaired) electrons. The highest BCUT2D eigenvalue weighted by Crippen LogP contribution is 2.32. The third-order valence-corrected chi connectivity index (χ3v) is 9.64. The zero-order valence-corrected chi connectivity index (χ0v) is 23.0. The number of H-pyrrole nitrogens is 1. The largest absolute Gasteiger partial charge is 0.493 e. The topological polar surface area (TPSA) is 138 Å². The molecular weight excluding hydrogens is 530 g/mol. The normalized spacial score (nSPS) is 19.3. The Bertz CT molecular complexity index is 1610. The molecule has 2 fully saturated rings. The molecule has 2 saturated heterocycles. The van der Waals surface area contributed by atoms with E-state index in [0.717, 1.165) is 53.6 Å². The fraction of sp³-hybridized carbons (Fsp3) is 0.393.